The average Bonchev–Trinajstić information content (AvgIpc) is 3.22. The third kappa shape index (κ3) is 7.96. The number of hydrogen-bond donors (Lipinski definition) is 7. The fraction of sp³-hybridized carbons (Fsp3) is 0.737. The van der Waals surface area contributed by atoms with Gasteiger partial charge in [0.2, 0.25) is 17.7 Å². The number of aliphatic imine (C=N–C) groups is 1. The van der Waals surface area contributed by atoms with E-state index >= 15 is 0 Å². The third-order valence-electron chi connectivity index (χ3n) is 5.22. The molecule has 1 rings (SSSR count). The molecule has 0 aromatic rings. The van der Waals surface area contributed by atoms with E-state index in [1.54, 1.807) is 13.8 Å². The van der Waals surface area contributed by atoms with E-state index in [-0.39, 0.29) is 31.4 Å². The monoisotopic (exact) mass is 457 g/mol. The van der Waals surface area contributed by atoms with Gasteiger partial charge in [-0.3, -0.25) is 19.4 Å². The van der Waals surface area contributed by atoms with Gasteiger partial charge in [0.15, 0.2) is 5.96 Å². The number of likely N-dealkylation sites (tertiary alicyclic amines) is 1. The molecule has 0 aromatic heterocycles. The molecule has 4 unspecified atom stereocenters. The van der Waals surface area contributed by atoms with Gasteiger partial charge in [-0.25, -0.2) is 4.79 Å². The van der Waals surface area contributed by atoms with Crippen LogP contribution in [0.4, 0.5) is 0 Å². The van der Waals surface area contributed by atoms with Gasteiger partial charge in [0.25, 0.3) is 0 Å². The van der Waals surface area contributed by atoms with E-state index in [2.05, 4.69) is 15.6 Å². The molecule has 0 saturated carbocycles. The Bertz CT molecular complexity index is 710. The lowest BCUT2D eigenvalue weighted by Crippen LogP contribution is -2.57. The minimum atomic E-state index is -1.47. The van der Waals surface area contributed by atoms with Gasteiger partial charge in [-0.15, -0.1) is 0 Å². The second kappa shape index (κ2) is 12.8. The summed E-state index contributed by atoms with van der Waals surface area (Å²) in [5.74, 6) is -3.28. The first-order chi connectivity index (χ1) is 15.0. The minimum Gasteiger partial charge on any atom is -0.480 e. The first-order valence-corrected chi connectivity index (χ1v) is 10.5. The highest BCUT2D eigenvalue weighted by Gasteiger charge is 2.39. The van der Waals surface area contributed by atoms with Crippen LogP contribution in [-0.4, -0.2) is 88.6 Å². The lowest BCUT2D eigenvalue weighted by molar-refractivity contribution is -0.145. The number of aliphatic hydroxyl groups is 1. The van der Waals surface area contributed by atoms with Crippen molar-refractivity contribution in [1.82, 2.24) is 15.5 Å². The van der Waals surface area contributed by atoms with Crippen molar-refractivity contribution < 1.29 is 29.4 Å². The van der Waals surface area contributed by atoms with Crippen molar-refractivity contribution >= 4 is 29.7 Å². The number of rotatable bonds is 12. The highest BCUT2D eigenvalue weighted by Crippen LogP contribution is 2.20. The normalized spacial score (nSPS) is 18.5. The van der Waals surface area contributed by atoms with Crippen LogP contribution in [-0.2, 0) is 19.2 Å². The van der Waals surface area contributed by atoms with Gasteiger partial charge in [0.05, 0.1) is 12.6 Å². The molecular formula is C19H35N7O6. The van der Waals surface area contributed by atoms with Crippen LogP contribution in [0.2, 0.25) is 0 Å². The lowest BCUT2D eigenvalue weighted by atomic mass is 10.0. The molecule has 32 heavy (non-hydrogen) atoms. The number of carbonyl (C=O) groups is 4. The third-order valence-corrected chi connectivity index (χ3v) is 5.22. The van der Waals surface area contributed by atoms with Gasteiger partial charge in [0, 0.05) is 13.1 Å². The maximum absolute atomic E-state index is 13.2. The second-order valence-electron chi connectivity index (χ2n) is 8.05. The van der Waals surface area contributed by atoms with Gasteiger partial charge in [-0.05, 0) is 31.6 Å². The maximum Gasteiger partial charge on any atom is 0.328 e. The predicted octanol–water partition coefficient (Wildman–Crippen LogP) is -2.94. The van der Waals surface area contributed by atoms with Crippen molar-refractivity contribution in [3.05, 3.63) is 0 Å². The zero-order chi connectivity index (χ0) is 24.4. The van der Waals surface area contributed by atoms with Gasteiger partial charge in [-0.1, -0.05) is 13.8 Å². The molecule has 1 saturated heterocycles. The summed E-state index contributed by atoms with van der Waals surface area (Å²) in [6.45, 7) is 3.29. The van der Waals surface area contributed by atoms with Crippen molar-refractivity contribution in [1.29, 1.82) is 0 Å². The molecule has 4 atom stereocenters. The van der Waals surface area contributed by atoms with Crippen LogP contribution in [0.5, 0.6) is 0 Å². The van der Waals surface area contributed by atoms with Crippen LogP contribution in [0, 0.1) is 5.92 Å². The molecule has 1 aliphatic rings. The summed E-state index contributed by atoms with van der Waals surface area (Å²) in [5, 5.41) is 23.1. The largest absolute Gasteiger partial charge is 0.480 e. The fourth-order valence-electron chi connectivity index (χ4n) is 3.29. The molecule has 1 aliphatic heterocycles. The Morgan fingerprint density at radius 3 is 2.34 bits per heavy atom. The van der Waals surface area contributed by atoms with Crippen molar-refractivity contribution in [3.8, 4) is 0 Å². The van der Waals surface area contributed by atoms with Crippen LogP contribution >= 0.6 is 0 Å². The first kappa shape index (κ1) is 27.1. The first-order valence-electron chi connectivity index (χ1n) is 10.5. The Morgan fingerprint density at radius 2 is 1.81 bits per heavy atom. The molecule has 0 aliphatic carbocycles. The molecule has 1 heterocycles. The Labute approximate surface area is 186 Å². The lowest BCUT2D eigenvalue weighted by Gasteiger charge is -2.30. The molecule has 13 nitrogen and oxygen atoms in total. The Balaban J connectivity index is 2.96. The summed E-state index contributed by atoms with van der Waals surface area (Å²) in [6, 6.07) is -4.16. The summed E-state index contributed by atoms with van der Waals surface area (Å²) in [6.07, 6.45) is 1.46. The molecule has 0 bridgehead atoms. The molecule has 0 spiro atoms. The fourth-order valence-corrected chi connectivity index (χ4v) is 3.29. The van der Waals surface area contributed by atoms with E-state index in [4.69, 9.17) is 27.4 Å². The average molecular weight is 458 g/mol. The van der Waals surface area contributed by atoms with Crippen molar-refractivity contribution in [2.24, 2.45) is 28.1 Å². The Kier molecular flexibility index (Phi) is 10.9. The topological polar surface area (TPSA) is 226 Å². The van der Waals surface area contributed by atoms with Crippen LogP contribution < -0.4 is 27.8 Å². The van der Waals surface area contributed by atoms with Crippen molar-refractivity contribution in [2.75, 3.05) is 19.7 Å². The summed E-state index contributed by atoms with van der Waals surface area (Å²) < 4.78 is 0. The molecule has 1 fully saturated rings. The molecule has 0 aromatic carbocycles. The molecule has 182 valence electrons. The number of aliphatic carboxylic acids is 1. The zero-order valence-corrected chi connectivity index (χ0v) is 18.5. The number of carboxylic acid groups (broad SMARTS) is 1. The number of guanidine groups is 1. The number of hydrogen-bond acceptors (Lipinski definition) is 7. The minimum absolute atomic E-state index is 0.0908. The smallest absolute Gasteiger partial charge is 0.328 e. The van der Waals surface area contributed by atoms with Crippen molar-refractivity contribution in [2.45, 2.75) is 63.7 Å². The maximum atomic E-state index is 13.2. The summed E-state index contributed by atoms with van der Waals surface area (Å²) in [4.78, 5) is 54.6. The van der Waals surface area contributed by atoms with Gasteiger partial charge < -0.3 is 42.9 Å². The number of amides is 3. The van der Waals surface area contributed by atoms with E-state index < -0.39 is 54.5 Å². The number of nitrogens with two attached hydrogens (primary N) is 3. The molecule has 10 N–H and O–H groups in total. The van der Waals surface area contributed by atoms with Gasteiger partial charge in [-0.2, -0.15) is 0 Å². The molecular weight excluding hydrogens is 422 g/mol. The number of carboxylic acids is 1. The predicted molar refractivity (Wildman–Crippen MR) is 116 cm³/mol. The standard InChI is InChI=1S/C19H35N7O6/c1-10(2)14(20)16(29)24-11(5-3-7-23-19(21)22)17(30)26-8-4-6-13(26)15(28)25-12(9-27)18(31)32/h10-14,27H,3-9,20H2,1-2H3,(H,24,29)(H,25,28)(H,31,32)(H4,21,22,23). The van der Waals surface area contributed by atoms with Crippen LogP contribution in [0.3, 0.4) is 0 Å². The van der Waals surface area contributed by atoms with Crippen LogP contribution in [0.25, 0.3) is 0 Å². The molecule has 3 amide bonds. The van der Waals surface area contributed by atoms with E-state index in [0.29, 0.717) is 19.3 Å². The molecule has 13 heteroatoms. The highest BCUT2D eigenvalue weighted by atomic mass is 16.4. The molecule has 0 radical (unpaired) electrons. The number of nitrogens with zero attached hydrogens (tertiary/aromatic N) is 2. The van der Waals surface area contributed by atoms with E-state index in [1.165, 1.54) is 4.90 Å². The number of nitrogens with one attached hydrogen (secondary N) is 2. The van der Waals surface area contributed by atoms with Crippen LogP contribution in [0.1, 0.15) is 39.5 Å². The van der Waals surface area contributed by atoms with Crippen molar-refractivity contribution in [3.63, 3.8) is 0 Å². The quantitative estimate of drug-likeness (QED) is 0.0902. The van der Waals surface area contributed by atoms with Gasteiger partial charge >= 0.3 is 5.97 Å². The van der Waals surface area contributed by atoms with Gasteiger partial charge in [0.1, 0.15) is 18.1 Å². The van der Waals surface area contributed by atoms with Crippen LogP contribution in [0.15, 0.2) is 4.99 Å². The highest BCUT2D eigenvalue weighted by molar-refractivity contribution is 5.94. The summed E-state index contributed by atoms with van der Waals surface area (Å²) in [5.41, 5.74) is 16.5. The number of aliphatic hydroxyl groups excluding tert-OH is 1. The Morgan fingerprint density at radius 1 is 1.16 bits per heavy atom. The second-order valence-corrected chi connectivity index (χ2v) is 8.05. The Hall–Kier alpha value is -2.93. The number of carbonyl (C=O) groups excluding carboxylic acids is 3. The SMILES string of the molecule is CC(C)C(N)C(=O)NC(CCCN=C(N)N)C(=O)N1CCCC1C(=O)NC(CO)C(=O)O. The summed E-state index contributed by atoms with van der Waals surface area (Å²) in [7, 11) is 0. The zero-order valence-electron chi connectivity index (χ0n) is 18.5. The summed E-state index contributed by atoms with van der Waals surface area (Å²) >= 11 is 0. The van der Waals surface area contributed by atoms with E-state index in [0.717, 1.165) is 0 Å². The van der Waals surface area contributed by atoms with E-state index in [9.17, 15) is 19.2 Å². The van der Waals surface area contributed by atoms with E-state index in [1.807, 2.05) is 0 Å².